The van der Waals surface area contributed by atoms with Crippen LogP contribution < -0.4 is 0 Å². The minimum absolute atomic E-state index is 0.226. The number of H-pyrrole nitrogens is 1. The molecule has 0 unspecified atom stereocenters. The number of likely N-dealkylation sites (tertiary alicyclic amines) is 1. The van der Waals surface area contributed by atoms with E-state index in [2.05, 4.69) is 28.3 Å². The largest absolute Gasteiger partial charge is 0.353 e. The molecule has 3 heterocycles. The van der Waals surface area contributed by atoms with Crippen LogP contribution in [-0.2, 0) is 6.54 Å². The zero-order valence-electron chi connectivity index (χ0n) is 20.8. The molecule has 2 aromatic heterocycles. The van der Waals surface area contributed by atoms with Gasteiger partial charge in [0, 0.05) is 68.9 Å². The molecule has 1 saturated heterocycles. The molecule has 7 rings (SSSR count). The monoisotopic (exact) mass is 499 g/mol. The highest BCUT2D eigenvalue weighted by Crippen LogP contribution is 2.45. The van der Waals surface area contributed by atoms with Crippen molar-refractivity contribution in [1.29, 1.82) is 0 Å². The van der Waals surface area contributed by atoms with Gasteiger partial charge in [0.1, 0.15) is 11.6 Å². The van der Waals surface area contributed by atoms with Crippen LogP contribution in [0.1, 0.15) is 60.2 Å². The molecule has 2 aliphatic rings. The molecular formula is C30H27F2N3O2. The molecule has 1 aliphatic carbocycles. The second-order valence-electron chi connectivity index (χ2n) is 10.7. The van der Waals surface area contributed by atoms with Crippen LogP contribution in [0, 0.1) is 11.6 Å². The summed E-state index contributed by atoms with van der Waals surface area (Å²) in [5, 5.41) is 2.40. The number of hydrogen-bond donors (Lipinski definition) is 1. The first kappa shape index (κ1) is 22.6. The van der Waals surface area contributed by atoms with Gasteiger partial charge in [-0.3, -0.25) is 14.5 Å². The first-order chi connectivity index (χ1) is 17.8. The van der Waals surface area contributed by atoms with E-state index < -0.39 is 11.6 Å². The minimum Gasteiger partial charge on any atom is -0.353 e. The number of aromatic amines is 1. The maximum atomic E-state index is 14.6. The lowest BCUT2D eigenvalue weighted by Gasteiger charge is -2.39. The first-order valence-electron chi connectivity index (χ1n) is 13.0. The molecule has 7 heteroatoms. The van der Waals surface area contributed by atoms with Gasteiger partial charge in [0.15, 0.2) is 11.6 Å². The highest BCUT2D eigenvalue weighted by molar-refractivity contribution is 6.40. The Kier molecular flexibility index (Phi) is 4.86. The van der Waals surface area contributed by atoms with E-state index in [1.807, 2.05) is 0 Å². The Balaban J connectivity index is 1.59. The van der Waals surface area contributed by atoms with Crippen molar-refractivity contribution in [1.82, 2.24) is 14.5 Å². The number of aromatic nitrogens is 2. The number of ketones is 2. The average Bonchev–Trinajstić information content (AvgIpc) is 3.47. The third-order valence-electron chi connectivity index (χ3n) is 8.61. The number of rotatable bonds is 3. The van der Waals surface area contributed by atoms with Gasteiger partial charge in [-0.2, -0.15) is 0 Å². The summed E-state index contributed by atoms with van der Waals surface area (Å²) in [7, 11) is 0. The number of Topliss-reactive ketones (excluding diaryl/α,β-unsaturated/α-hetero) is 2. The SMILES string of the molecule is C[C@@H]1CCC[C@H](C)N1CCn1c2ccc(F)cc2c2c3c(c4c5cc(F)ccc5[nH]c4c21)C(=O)CC3=O. The number of carbonyl (C=O) groups is 2. The van der Waals surface area contributed by atoms with Gasteiger partial charge in [0.2, 0.25) is 0 Å². The molecule has 1 aliphatic heterocycles. The molecule has 0 amide bonds. The van der Waals surface area contributed by atoms with Gasteiger partial charge in [0.05, 0.1) is 17.5 Å². The van der Waals surface area contributed by atoms with Crippen LogP contribution in [0.4, 0.5) is 8.78 Å². The Morgan fingerprint density at radius 2 is 1.51 bits per heavy atom. The molecule has 1 N–H and O–H groups in total. The van der Waals surface area contributed by atoms with Crippen LogP contribution in [-0.4, -0.2) is 44.6 Å². The molecular weight excluding hydrogens is 472 g/mol. The van der Waals surface area contributed by atoms with E-state index in [1.54, 1.807) is 12.1 Å². The van der Waals surface area contributed by atoms with Crippen molar-refractivity contribution in [2.75, 3.05) is 6.54 Å². The van der Waals surface area contributed by atoms with Crippen LogP contribution in [0.3, 0.4) is 0 Å². The fraction of sp³-hybridized carbons (Fsp3) is 0.333. The predicted molar refractivity (Wildman–Crippen MR) is 141 cm³/mol. The van der Waals surface area contributed by atoms with Gasteiger partial charge in [-0.05, 0) is 63.1 Å². The molecule has 3 aromatic carbocycles. The molecule has 2 atom stereocenters. The van der Waals surface area contributed by atoms with Crippen molar-refractivity contribution in [2.45, 2.75) is 58.2 Å². The fourth-order valence-corrected chi connectivity index (χ4v) is 6.93. The molecule has 1 fully saturated rings. The summed E-state index contributed by atoms with van der Waals surface area (Å²) in [6, 6.07) is 10.1. The van der Waals surface area contributed by atoms with E-state index >= 15 is 0 Å². The van der Waals surface area contributed by atoms with Crippen molar-refractivity contribution in [3.8, 4) is 0 Å². The van der Waals surface area contributed by atoms with Crippen molar-refractivity contribution in [3.63, 3.8) is 0 Å². The van der Waals surface area contributed by atoms with Gasteiger partial charge in [0.25, 0.3) is 0 Å². The smallest absolute Gasteiger partial charge is 0.172 e. The van der Waals surface area contributed by atoms with E-state index in [0.29, 0.717) is 62.3 Å². The number of benzene rings is 3. The number of carbonyl (C=O) groups excluding carboxylic acids is 2. The van der Waals surface area contributed by atoms with Gasteiger partial charge in [-0.25, -0.2) is 8.78 Å². The van der Waals surface area contributed by atoms with Crippen LogP contribution >= 0.6 is 0 Å². The molecule has 5 nitrogen and oxygen atoms in total. The summed E-state index contributed by atoms with van der Waals surface area (Å²) in [5.74, 6) is -1.34. The zero-order valence-corrected chi connectivity index (χ0v) is 20.8. The molecule has 5 aromatic rings. The Hall–Kier alpha value is -3.58. The van der Waals surface area contributed by atoms with Crippen LogP contribution in [0.15, 0.2) is 36.4 Å². The topological polar surface area (TPSA) is 58.1 Å². The molecule has 0 spiro atoms. The van der Waals surface area contributed by atoms with E-state index in [4.69, 9.17) is 0 Å². The summed E-state index contributed by atoms with van der Waals surface area (Å²) in [5.41, 5.74) is 3.64. The number of piperidine rings is 1. The second-order valence-corrected chi connectivity index (χ2v) is 10.7. The van der Waals surface area contributed by atoms with Crippen LogP contribution in [0.5, 0.6) is 0 Å². The van der Waals surface area contributed by atoms with E-state index in [1.165, 1.54) is 30.7 Å². The fourth-order valence-electron chi connectivity index (χ4n) is 6.93. The van der Waals surface area contributed by atoms with Crippen molar-refractivity contribution in [3.05, 3.63) is 59.2 Å². The first-order valence-corrected chi connectivity index (χ1v) is 13.0. The lowest BCUT2D eigenvalue weighted by molar-refractivity contribution is 0.0924. The number of nitrogens with zero attached hydrogens (tertiary/aromatic N) is 2. The Bertz CT molecular complexity index is 1790. The molecule has 0 saturated carbocycles. The van der Waals surface area contributed by atoms with E-state index in [9.17, 15) is 18.4 Å². The Labute approximate surface area is 212 Å². The van der Waals surface area contributed by atoms with Crippen molar-refractivity contribution < 1.29 is 18.4 Å². The quantitative estimate of drug-likeness (QED) is 0.280. The predicted octanol–water partition coefficient (Wildman–Crippen LogP) is 6.74. The molecule has 0 bridgehead atoms. The maximum absolute atomic E-state index is 14.6. The van der Waals surface area contributed by atoms with Crippen LogP contribution in [0.25, 0.3) is 43.6 Å². The Morgan fingerprint density at radius 1 is 0.865 bits per heavy atom. The van der Waals surface area contributed by atoms with Gasteiger partial charge in [-0.15, -0.1) is 0 Å². The van der Waals surface area contributed by atoms with Gasteiger partial charge < -0.3 is 9.55 Å². The molecule has 188 valence electrons. The summed E-state index contributed by atoms with van der Waals surface area (Å²) in [6.07, 6.45) is 3.31. The third-order valence-corrected chi connectivity index (χ3v) is 8.61. The van der Waals surface area contributed by atoms with Crippen molar-refractivity contribution >= 4 is 55.2 Å². The number of fused-ring (bicyclic) bond motifs is 10. The molecule has 0 radical (unpaired) electrons. The van der Waals surface area contributed by atoms with Crippen LogP contribution in [0.2, 0.25) is 0 Å². The van der Waals surface area contributed by atoms with E-state index in [-0.39, 0.29) is 18.0 Å². The number of halogens is 2. The summed E-state index contributed by atoms with van der Waals surface area (Å²) < 4.78 is 31.1. The average molecular weight is 500 g/mol. The van der Waals surface area contributed by atoms with Gasteiger partial charge >= 0.3 is 0 Å². The maximum Gasteiger partial charge on any atom is 0.172 e. The summed E-state index contributed by atoms with van der Waals surface area (Å²) >= 11 is 0. The second kappa shape index (κ2) is 7.96. The summed E-state index contributed by atoms with van der Waals surface area (Å²) in [6.45, 7) is 5.97. The molecule has 37 heavy (non-hydrogen) atoms. The lowest BCUT2D eigenvalue weighted by atomic mass is 9.96. The summed E-state index contributed by atoms with van der Waals surface area (Å²) in [4.78, 5) is 32.4. The normalized spacial score (nSPS) is 20.8. The third kappa shape index (κ3) is 3.16. The van der Waals surface area contributed by atoms with Crippen molar-refractivity contribution in [2.24, 2.45) is 0 Å². The zero-order chi connectivity index (χ0) is 25.6. The number of nitrogens with one attached hydrogen (secondary N) is 1. The Morgan fingerprint density at radius 3 is 2.24 bits per heavy atom. The lowest BCUT2D eigenvalue weighted by Crippen LogP contribution is -2.45. The standard InChI is InChI=1S/C30H27F2N3O2/c1-15-4-3-5-16(2)34(15)10-11-35-22-9-7-18(32)13-20(22)26-28-24(37)14-23(36)27(28)25-19-12-17(31)6-8-21(19)33-29(25)30(26)35/h6-9,12-13,15-16,33H,3-5,10-11,14H2,1-2H3/t15-,16+. The highest BCUT2D eigenvalue weighted by Gasteiger charge is 2.36. The van der Waals surface area contributed by atoms with Gasteiger partial charge in [-0.1, -0.05) is 6.42 Å². The minimum atomic E-state index is -0.408. The highest BCUT2D eigenvalue weighted by atomic mass is 19.1. The number of hydrogen-bond acceptors (Lipinski definition) is 3. The van der Waals surface area contributed by atoms with E-state index in [0.717, 1.165) is 30.4 Å².